The molecule has 2 saturated carbocycles. The van der Waals surface area contributed by atoms with E-state index in [-0.39, 0.29) is 21.4 Å². The third-order valence-corrected chi connectivity index (χ3v) is 8.74. The Labute approximate surface area is 197 Å². The van der Waals surface area contributed by atoms with Gasteiger partial charge in [0.25, 0.3) is 11.6 Å². The number of fused-ring (bicyclic) bond motifs is 2. The van der Waals surface area contributed by atoms with Gasteiger partial charge in [-0.25, -0.2) is 13.8 Å². The Bertz CT molecular complexity index is 1150. The van der Waals surface area contributed by atoms with Gasteiger partial charge in [-0.1, -0.05) is 20.8 Å². The van der Waals surface area contributed by atoms with Crippen molar-refractivity contribution in [2.75, 3.05) is 25.5 Å². The van der Waals surface area contributed by atoms with E-state index in [9.17, 15) is 28.1 Å². The lowest BCUT2D eigenvalue weighted by Gasteiger charge is -2.34. The smallest absolute Gasteiger partial charge is 0.321 e. The predicted molar refractivity (Wildman–Crippen MR) is 124 cm³/mol. The number of hydrazone groups is 1. The van der Waals surface area contributed by atoms with Gasteiger partial charge < -0.3 is 10.1 Å². The summed E-state index contributed by atoms with van der Waals surface area (Å²) in [6.07, 6.45) is 2.96. The largest absolute Gasteiger partial charge is 0.455 e. The number of sulfonamides is 1. The number of hydrogen-bond acceptors (Lipinski definition) is 9. The van der Waals surface area contributed by atoms with E-state index in [0.29, 0.717) is 5.92 Å². The zero-order valence-electron chi connectivity index (χ0n) is 19.5. The number of hydrogen-bond donors (Lipinski definition) is 3. The minimum Gasteiger partial charge on any atom is -0.455 e. The predicted octanol–water partition coefficient (Wildman–Crippen LogP) is 1.78. The van der Waals surface area contributed by atoms with E-state index in [1.807, 2.05) is 4.72 Å². The molecule has 34 heavy (non-hydrogen) atoms. The SMILES string of the molecule is CNc1ccc(S(=O)(=O)NCC(=O)OCC(=O)N/N=C2\CC3CCC2(C)C3(C)C)cc1[N+](=O)[O-]. The first-order valence-electron chi connectivity index (χ1n) is 10.8. The molecule has 2 aliphatic carbocycles. The Kier molecular flexibility index (Phi) is 6.99. The number of nitro benzene ring substituents is 1. The molecule has 0 aromatic heterocycles. The zero-order chi connectivity index (χ0) is 25.3. The first-order valence-corrected chi connectivity index (χ1v) is 12.3. The highest BCUT2D eigenvalue weighted by molar-refractivity contribution is 7.89. The summed E-state index contributed by atoms with van der Waals surface area (Å²) in [6.45, 7) is 5.21. The molecule has 1 aromatic rings. The van der Waals surface area contributed by atoms with Crippen LogP contribution in [0.2, 0.25) is 0 Å². The lowest BCUT2D eigenvalue weighted by Crippen LogP contribution is -2.35. The Morgan fingerprint density at radius 2 is 2.00 bits per heavy atom. The third-order valence-electron chi connectivity index (χ3n) is 7.34. The van der Waals surface area contributed by atoms with Crippen molar-refractivity contribution in [2.45, 2.75) is 44.9 Å². The second-order valence-electron chi connectivity index (χ2n) is 9.26. The van der Waals surface area contributed by atoms with Crippen LogP contribution >= 0.6 is 0 Å². The van der Waals surface area contributed by atoms with Crippen molar-refractivity contribution in [3.8, 4) is 0 Å². The van der Waals surface area contributed by atoms with Gasteiger partial charge in [-0.15, -0.1) is 0 Å². The second-order valence-corrected chi connectivity index (χ2v) is 11.0. The molecule has 186 valence electrons. The monoisotopic (exact) mass is 495 g/mol. The molecular weight excluding hydrogens is 466 g/mol. The van der Waals surface area contributed by atoms with Gasteiger partial charge in [-0.2, -0.15) is 9.82 Å². The molecular formula is C21H29N5O7S. The number of ether oxygens (including phenoxy) is 1. The number of esters is 1. The Morgan fingerprint density at radius 3 is 2.56 bits per heavy atom. The van der Waals surface area contributed by atoms with Crippen molar-refractivity contribution < 1.29 is 27.7 Å². The summed E-state index contributed by atoms with van der Waals surface area (Å²) in [5.41, 5.74) is 3.08. The molecule has 0 radical (unpaired) electrons. The maximum absolute atomic E-state index is 12.4. The van der Waals surface area contributed by atoms with Crippen LogP contribution < -0.4 is 15.5 Å². The molecule has 0 spiro atoms. The molecule has 2 fully saturated rings. The van der Waals surface area contributed by atoms with Gasteiger partial charge >= 0.3 is 5.97 Å². The molecule has 1 aromatic carbocycles. The molecule has 1 amide bonds. The van der Waals surface area contributed by atoms with Crippen molar-refractivity contribution >= 4 is 39.0 Å². The quantitative estimate of drug-likeness (QED) is 0.264. The second kappa shape index (κ2) is 9.29. The molecule has 2 aliphatic rings. The Hall–Kier alpha value is -3.06. The summed E-state index contributed by atoms with van der Waals surface area (Å²) in [5, 5.41) is 18.0. The van der Waals surface area contributed by atoms with Crippen molar-refractivity contribution in [1.29, 1.82) is 0 Å². The first kappa shape index (κ1) is 25.6. The van der Waals surface area contributed by atoms with Crippen LogP contribution in [0.3, 0.4) is 0 Å². The van der Waals surface area contributed by atoms with E-state index in [0.717, 1.165) is 37.1 Å². The maximum Gasteiger partial charge on any atom is 0.321 e. The van der Waals surface area contributed by atoms with E-state index < -0.39 is 45.7 Å². The van der Waals surface area contributed by atoms with Gasteiger partial charge in [0.15, 0.2) is 6.61 Å². The minimum atomic E-state index is -4.22. The minimum absolute atomic E-state index is 0.0830. The van der Waals surface area contributed by atoms with Crippen LogP contribution in [0.1, 0.15) is 40.0 Å². The number of anilines is 1. The Balaban J connectivity index is 1.50. The summed E-state index contributed by atoms with van der Waals surface area (Å²) < 4.78 is 31.6. The molecule has 13 heteroatoms. The van der Waals surface area contributed by atoms with E-state index in [1.165, 1.54) is 13.1 Å². The van der Waals surface area contributed by atoms with Crippen molar-refractivity contribution in [1.82, 2.24) is 10.1 Å². The molecule has 0 aliphatic heterocycles. The lowest BCUT2D eigenvalue weighted by atomic mass is 9.70. The molecule has 0 heterocycles. The summed E-state index contributed by atoms with van der Waals surface area (Å²) >= 11 is 0. The topological polar surface area (TPSA) is 169 Å². The number of nitro groups is 1. The normalized spacial score (nSPS) is 24.1. The highest BCUT2D eigenvalue weighted by atomic mass is 32.2. The summed E-state index contributed by atoms with van der Waals surface area (Å²) in [4.78, 5) is 34.0. The van der Waals surface area contributed by atoms with Gasteiger partial charge in [0.2, 0.25) is 10.0 Å². The van der Waals surface area contributed by atoms with Crippen LogP contribution in [0, 0.1) is 26.9 Å². The van der Waals surface area contributed by atoms with Crippen LogP contribution in [0.4, 0.5) is 11.4 Å². The molecule has 3 N–H and O–H groups in total. The summed E-state index contributed by atoms with van der Waals surface area (Å²) in [7, 11) is -2.76. The number of nitrogens with one attached hydrogen (secondary N) is 3. The average Bonchev–Trinajstić information content (AvgIpc) is 3.13. The zero-order valence-corrected chi connectivity index (χ0v) is 20.3. The van der Waals surface area contributed by atoms with E-state index >= 15 is 0 Å². The summed E-state index contributed by atoms with van der Waals surface area (Å²) in [6, 6.07) is 3.29. The number of nitrogens with zero attached hydrogens (tertiary/aromatic N) is 2. The fourth-order valence-electron chi connectivity index (χ4n) is 4.74. The lowest BCUT2D eigenvalue weighted by molar-refractivity contribution is -0.384. The van der Waals surface area contributed by atoms with Gasteiger partial charge in [0.1, 0.15) is 12.2 Å². The Morgan fingerprint density at radius 1 is 1.29 bits per heavy atom. The van der Waals surface area contributed by atoms with Crippen LogP contribution in [-0.2, 0) is 24.3 Å². The fraction of sp³-hybridized carbons (Fsp3) is 0.571. The van der Waals surface area contributed by atoms with Gasteiger partial charge in [0.05, 0.1) is 9.82 Å². The molecule has 2 bridgehead atoms. The van der Waals surface area contributed by atoms with Crippen LogP contribution in [-0.4, -0.2) is 51.1 Å². The van der Waals surface area contributed by atoms with Gasteiger partial charge in [-0.3, -0.25) is 19.7 Å². The van der Waals surface area contributed by atoms with Crippen LogP contribution in [0.25, 0.3) is 0 Å². The molecule has 0 saturated heterocycles. The molecule has 2 unspecified atom stereocenters. The highest BCUT2D eigenvalue weighted by Gasteiger charge is 2.60. The first-order chi connectivity index (χ1) is 15.8. The number of carbonyl (C=O) groups is 2. The fourth-order valence-corrected chi connectivity index (χ4v) is 5.72. The van der Waals surface area contributed by atoms with Gasteiger partial charge in [0, 0.05) is 24.2 Å². The van der Waals surface area contributed by atoms with Crippen LogP contribution in [0.5, 0.6) is 0 Å². The molecule has 2 atom stereocenters. The van der Waals surface area contributed by atoms with Crippen molar-refractivity contribution in [3.05, 3.63) is 28.3 Å². The number of carbonyl (C=O) groups excluding carboxylic acids is 2. The highest BCUT2D eigenvalue weighted by Crippen LogP contribution is 2.63. The van der Waals surface area contributed by atoms with Crippen molar-refractivity contribution in [3.63, 3.8) is 0 Å². The number of benzene rings is 1. The van der Waals surface area contributed by atoms with Crippen molar-refractivity contribution in [2.24, 2.45) is 21.8 Å². The third kappa shape index (κ3) is 4.75. The average molecular weight is 496 g/mol. The van der Waals surface area contributed by atoms with E-state index in [4.69, 9.17) is 4.74 Å². The molecule has 3 rings (SSSR count). The number of amides is 1. The number of rotatable bonds is 9. The van der Waals surface area contributed by atoms with E-state index in [2.05, 4.69) is 36.6 Å². The van der Waals surface area contributed by atoms with Gasteiger partial charge in [-0.05, 0) is 42.7 Å². The van der Waals surface area contributed by atoms with Crippen LogP contribution in [0.15, 0.2) is 28.2 Å². The standard InChI is InChI=1S/C21H29N5O7S/c1-20(2)13-7-8-21(20,3)17(9-13)24-25-18(27)12-33-19(28)11-23-34(31,32)14-5-6-15(22-4)16(10-14)26(29)30/h5-6,10,13,22-23H,7-9,11-12H2,1-4H3,(H,25,27)/b24-17+. The maximum atomic E-state index is 12.4. The summed E-state index contributed by atoms with van der Waals surface area (Å²) in [5.74, 6) is -1.10. The molecule has 12 nitrogen and oxygen atoms in total. The van der Waals surface area contributed by atoms with E-state index in [1.54, 1.807) is 0 Å².